The largest absolute Gasteiger partial charge is 0.461 e. The van der Waals surface area contributed by atoms with Crippen LogP contribution in [0, 0.1) is 5.92 Å². The summed E-state index contributed by atoms with van der Waals surface area (Å²) < 4.78 is 7.13. The van der Waals surface area contributed by atoms with Crippen LogP contribution in [0.25, 0.3) is 12.2 Å². The van der Waals surface area contributed by atoms with E-state index in [1.165, 1.54) is 59.3 Å². The molecule has 35 heavy (non-hydrogen) atoms. The van der Waals surface area contributed by atoms with Crippen molar-refractivity contribution in [2.75, 3.05) is 4.90 Å². The van der Waals surface area contributed by atoms with E-state index >= 15 is 0 Å². The Labute approximate surface area is 208 Å². The molecule has 1 fully saturated rings. The molecule has 0 radical (unpaired) electrons. The van der Waals surface area contributed by atoms with Gasteiger partial charge in [-0.25, -0.2) is 0 Å². The van der Waals surface area contributed by atoms with Crippen LogP contribution in [0.15, 0.2) is 107 Å². The third kappa shape index (κ3) is 3.31. The lowest BCUT2D eigenvalue weighted by atomic mass is 9.68. The van der Waals surface area contributed by atoms with E-state index in [0.717, 1.165) is 25.0 Å². The van der Waals surface area contributed by atoms with Crippen LogP contribution in [-0.2, 0) is 0 Å². The first kappa shape index (κ1) is 20.8. The molecule has 1 spiro atoms. The van der Waals surface area contributed by atoms with Crippen LogP contribution in [0.3, 0.4) is 0 Å². The molecule has 4 aliphatic rings. The van der Waals surface area contributed by atoms with Crippen molar-refractivity contribution in [3.63, 3.8) is 0 Å². The molecule has 0 amide bonds. The smallest absolute Gasteiger partial charge is 0.213 e. The SMILES string of the molecule is C(=C1CCCC2=C1N1c3ccccc3O[C@]13/C(=C/c1ccccc1)CCC[C@H]3C2)c1ccccc1. The number of hydrogen-bond donors (Lipinski definition) is 0. The van der Waals surface area contributed by atoms with Gasteiger partial charge in [-0.05, 0) is 97.1 Å². The van der Waals surface area contributed by atoms with E-state index in [9.17, 15) is 0 Å². The summed E-state index contributed by atoms with van der Waals surface area (Å²) in [6.07, 6.45) is 13.1. The van der Waals surface area contributed by atoms with E-state index in [1.807, 2.05) is 0 Å². The molecule has 0 unspecified atom stereocenters. The fourth-order valence-electron chi connectivity index (χ4n) is 6.87. The first-order valence-corrected chi connectivity index (χ1v) is 13.2. The lowest BCUT2D eigenvalue weighted by Crippen LogP contribution is -2.60. The molecule has 2 aliphatic heterocycles. The maximum absolute atomic E-state index is 7.13. The summed E-state index contributed by atoms with van der Waals surface area (Å²) in [5.41, 5.74) is 9.29. The molecular weight excluding hydrogens is 426 g/mol. The zero-order valence-corrected chi connectivity index (χ0v) is 20.1. The fraction of sp³-hybridized carbons (Fsp3) is 0.273. The van der Waals surface area contributed by atoms with Gasteiger partial charge in [0, 0.05) is 11.6 Å². The van der Waals surface area contributed by atoms with Crippen LogP contribution in [0.1, 0.15) is 56.1 Å². The highest BCUT2D eigenvalue weighted by Crippen LogP contribution is 2.61. The zero-order chi connectivity index (χ0) is 23.2. The van der Waals surface area contributed by atoms with Crippen molar-refractivity contribution in [3.05, 3.63) is 118 Å². The van der Waals surface area contributed by atoms with Crippen LogP contribution < -0.4 is 9.64 Å². The number of fused-ring (bicyclic) bond motifs is 3. The van der Waals surface area contributed by atoms with E-state index in [4.69, 9.17) is 4.74 Å². The summed E-state index contributed by atoms with van der Waals surface area (Å²) in [5, 5.41) is 0. The molecule has 2 heteroatoms. The predicted octanol–water partition coefficient (Wildman–Crippen LogP) is 8.39. The van der Waals surface area contributed by atoms with Crippen molar-refractivity contribution >= 4 is 17.8 Å². The van der Waals surface area contributed by atoms with Gasteiger partial charge >= 0.3 is 0 Å². The van der Waals surface area contributed by atoms with Gasteiger partial charge < -0.3 is 4.74 Å². The van der Waals surface area contributed by atoms with Crippen molar-refractivity contribution in [1.82, 2.24) is 0 Å². The maximum atomic E-state index is 7.13. The number of benzene rings is 3. The normalized spacial score (nSPS) is 27.2. The molecule has 0 aromatic heterocycles. The first-order valence-electron chi connectivity index (χ1n) is 13.2. The van der Waals surface area contributed by atoms with Gasteiger partial charge in [-0.2, -0.15) is 0 Å². The number of rotatable bonds is 2. The molecule has 0 saturated heterocycles. The number of hydrogen-bond acceptors (Lipinski definition) is 2. The second kappa shape index (κ2) is 8.30. The van der Waals surface area contributed by atoms with E-state index in [2.05, 4.69) is 102 Å². The number of anilines is 1. The van der Waals surface area contributed by atoms with Gasteiger partial charge in [0.15, 0.2) is 0 Å². The number of ether oxygens (including phenoxy) is 1. The average Bonchev–Trinajstić information content (AvgIpc) is 3.25. The average molecular weight is 458 g/mol. The summed E-state index contributed by atoms with van der Waals surface area (Å²) in [6.45, 7) is 0. The third-order valence-corrected chi connectivity index (χ3v) is 8.28. The Morgan fingerprint density at radius 1 is 0.743 bits per heavy atom. The van der Waals surface area contributed by atoms with Crippen molar-refractivity contribution in [2.24, 2.45) is 5.92 Å². The zero-order valence-electron chi connectivity index (χ0n) is 20.1. The second-order valence-corrected chi connectivity index (χ2v) is 10.4. The Morgan fingerprint density at radius 3 is 2.26 bits per heavy atom. The van der Waals surface area contributed by atoms with E-state index in [-0.39, 0.29) is 0 Å². The summed E-state index contributed by atoms with van der Waals surface area (Å²) in [6, 6.07) is 30.3. The highest BCUT2D eigenvalue weighted by atomic mass is 16.5. The Bertz CT molecular complexity index is 1350. The molecule has 2 atom stereocenters. The van der Waals surface area contributed by atoms with Crippen molar-refractivity contribution in [1.29, 1.82) is 0 Å². The van der Waals surface area contributed by atoms with Crippen LogP contribution in [0.2, 0.25) is 0 Å². The van der Waals surface area contributed by atoms with Crippen LogP contribution in [0.4, 0.5) is 5.69 Å². The topological polar surface area (TPSA) is 12.5 Å². The number of allylic oxidation sites excluding steroid dienone is 2. The van der Waals surface area contributed by atoms with Gasteiger partial charge in [-0.3, -0.25) is 4.90 Å². The quantitative estimate of drug-likeness (QED) is 0.383. The Kier molecular flexibility index (Phi) is 4.94. The lowest BCUT2D eigenvalue weighted by Gasteiger charge is -2.53. The van der Waals surface area contributed by atoms with Gasteiger partial charge in [0.1, 0.15) is 5.75 Å². The summed E-state index contributed by atoms with van der Waals surface area (Å²) in [5.74, 6) is 1.49. The Balaban J connectivity index is 1.45. The van der Waals surface area contributed by atoms with Crippen LogP contribution in [0.5, 0.6) is 5.75 Å². The molecule has 174 valence electrons. The fourth-order valence-corrected chi connectivity index (χ4v) is 6.87. The van der Waals surface area contributed by atoms with E-state index in [0.29, 0.717) is 5.92 Å². The minimum absolute atomic E-state index is 0.427. The first-order chi connectivity index (χ1) is 17.3. The standard InChI is InChI=1S/C33H31NO/c1-3-11-24(12-4-1)21-26-15-9-16-27-23-29-18-10-17-28(22-25-13-5-2-6-14-25)33(29)34(32(26)27)30-19-7-8-20-31(30)35-33/h1-8,11-14,19-22,29H,9-10,15-18,23H2/b26-21?,28-22+/t29-,33-/m0/s1. The molecule has 3 aromatic carbocycles. The molecule has 2 heterocycles. The monoisotopic (exact) mass is 457 g/mol. The number of nitrogens with zero attached hydrogens (tertiary/aromatic N) is 1. The molecule has 1 saturated carbocycles. The summed E-state index contributed by atoms with van der Waals surface area (Å²) >= 11 is 0. The predicted molar refractivity (Wildman–Crippen MR) is 144 cm³/mol. The summed E-state index contributed by atoms with van der Waals surface area (Å²) in [7, 11) is 0. The molecule has 2 nitrogen and oxygen atoms in total. The Hall–Kier alpha value is -3.52. The van der Waals surface area contributed by atoms with Crippen molar-refractivity contribution in [3.8, 4) is 5.75 Å². The minimum Gasteiger partial charge on any atom is -0.461 e. The Morgan fingerprint density at radius 2 is 1.46 bits per heavy atom. The molecule has 7 rings (SSSR count). The third-order valence-electron chi connectivity index (χ3n) is 8.28. The highest BCUT2D eigenvalue weighted by molar-refractivity contribution is 5.78. The second-order valence-electron chi connectivity index (χ2n) is 10.4. The summed E-state index contributed by atoms with van der Waals surface area (Å²) in [4.78, 5) is 2.63. The van der Waals surface area contributed by atoms with Crippen LogP contribution >= 0.6 is 0 Å². The van der Waals surface area contributed by atoms with Gasteiger partial charge in [0.25, 0.3) is 0 Å². The number of para-hydroxylation sites is 2. The highest BCUT2D eigenvalue weighted by Gasteiger charge is 2.59. The van der Waals surface area contributed by atoms with Crippen LogP contribution in [-0.4, -0.2) is 5.72 Å². The van der Waals surface area contributed by atoms with Gasteiger partial charge in [0.2, 0.25) is 5.72 Å². The van der Waals surface area contributed by atoms with Crippen molar-refractivity contribution in [2.45, 2.75) is 50.7 Å². The van der Waals surface area contributed by atoms with Gasteiger partial charge in [-0.1, -0.05) is 72.8 Å². The minimum atomic E-state index is -0.427. The molecule has 2 aliphatic carbocycles. The van der Waals surface area contributed by atoms with Crippen molar-refractivity contribution < 1.29 is 4.74 Å². The lowest BCUT2D eigenvalue weighted by molar-refractivity contribution is 0.0353. The molecule has 3 aromatic rings. The maximum Gasteiger partial charge on any atom is 0.213 e. The molecule has 0 N–H and O–H groups in total. The molecular formula is C33H31NO. The van der Waals surface area contributed by atoms with Gasteiger partial charge in [-0.15, -0.1) is 0 Å². The van der Waals surface area contributed by atoms with Gasteiger partial charge in [0.05, 0.1) is 5.69 Å². The van der Waals surface area contributed by atoms with E-state index < -0.39 is 5.72 Å². The molecule has 0 bridgehead atoms. The van der Waals surface area contributed by atoms with E-state index in [1.54, 1.807) is 5.57 Å².